The molecule has 8 heteroatoms. The minimum Gasteiger partial charge on any atom is -0.445 e. The van der Waals surface area contributed by atoms with E-state index < -0.39 is 0 Å². The van der Waals surface area contributed by atoms with Gasteiger partial charge in [0, 0.05) is 19.6 Å². The van der Waals surface area contributed by atoms with Crippen LogP contribution in [0.3, 0.4) is 0 Å². The van der Waals surface area contributed by atoms with Gasteiger partial charge in [0.1, 0.15) is 6.61 Å². The highest BCUT2D eigenvalue weighted by Gasteiger charge is 2.39. The molecule has 2 unspecified atom stereocenters. The van der Waals surface area contributed by atoms with Crippen LogP contribution < -0.4 is 4.90 Å². The van der Waals surface area contributed by atoms with Crippen LogP contribution in [0, 0.1) is 0 Å². The lowest BCUT2D eigenvalue weighted by molar-refractivity contribution is -0.0288. The second-order valence-corrected chi connectivity index (χ2v) is 7.05. The van der Waals surface area contributed by atoms with Crippen LogP contribution in [0.2, 0.25) is 5.15 Å². The van der Waals surface area contributed by atoms with Gasteiger partial charge in [-0.05, 0) is 24.1 Å². The van der Waals surface area contributed by atoms with Crippen LogP contribution >= 0.6 is 11.6 Å². The average molecular weight is 389 g/mol. The molecule has 27 heavy (non-hydrogen) atoms. The summed E-state index contributed by atoms with van der Waals surface area (Å²) in [7, 11) is 0. The molecule has 2 aromatic rings. The van der Waals surface area contributed by atoms with Crippen molar-refractivity contribution in [3.05, 3.63) is 53.2 Å². The van der Waals surface area contributed by atoms with Gasteiger partial charge >= 0.3 is 6.09 Å². The van der Waals surface area contributed by atoms with Gasteiger partial charge in [-0.25, -0.2) is 4.79 Å². The number of benzene rings is 1. The van der Waals surface area contributed by atoms with Crippen LogP contribution in [-0.4, -0.2) is 59.6 Å². The molecule has 1 amide bonds. The molecule has 3 heterocycles. The van der Waals surface area contributed by atoms with Crippen molar-refractivity contribution < 1.29 is 14.3 Å². The maximum Gasteiger partial charge on any atom is 0.410 e. The van der Waals surface area contributed by atoms with E-state index in [1.165, 1.54) is 0 Å². The van der Waals surface area contributed by atoms with Crippen LogP contribution in [0.1, 0.15) is 12.0 Å². The van der Waals surface area contributed by atoms with Gasteiger partial charge < -0.3 is 19.3 Å². The van der Waals surface area contributed by atoms with E-state index in [2.05, 4.69) is 15.1 Å². The molecule has 2 atom stereocenters. The number of hydrogen-bond acceptors (Lipinski definition) is 6. The summed E-state index contributed by atoms with van der Waals surface area (Å²) < 4.78 is 11.4. The lowest BCUT2D eigenvalue weighted by atomic mass is 9.99. The van der Waals surface area contributed by atoms with Gasteiger partial charge in [-0.3, -0.25) is 0 Å². The van der Waals surface area contributed by atoms with Crippen molar-refractivity contribution in [3.63, 3.8) is 0 Å². The number of morpholine rings is 1. The summed E-state index contributed by atoms with van der Waals surface area (Å²) in [5, 5.41) is 8.49. The van der Waals surface area contributed by atoms with Crippen molar-refractivity contribution in [2.24, 2.45) is 0 Å². The molecule has 0 saturated carbocycles. The number of carbonyl (C=O) groups excluding carboxylic acids is 1. The molecule has 0 spiro atoms. The number of anilines is 1. The first-order valence-corrected chi connectivity index (χ1v) is 9.41. The second-order valence-electron chi connectivity index (χ2n) is 6.66. The molecule has 0 N–H and O–H groups in total. The number of ether oxygens (including phenoxy) is 2. The summed E-state index contributed by atoms with van der Waals surface area (Å²) in [6.07, 6.45) is 0.530. The lowest BCUT2D eigenvalue weighted by Crippen LogP contribution is -2.61. The minimum absolute atomic E-state index is 0.0206. The maximum absolute atomic E-state index is 12.5. The Kier molecular flexibility index (Phi) is 5.40. The largest absolute Gasteiger partial charge is 0.445 e. The van der Waals surface area contributed by atoms with Crippen molar-refractivity contribution in [2.75, 3.05) is 31.1 Å². The lowest BCUT2D eigenvalue weighted by Gasteiger charge is -2.46. The van der Waals surface area contributed by atoms with Gasteiger partial charge in [-0.15, -0.1) is 10.2 Å². The highest BCUT2D eigenvalue weighted by molar-refractivity contribution is 6.29. The van der Waals surface area contributed by atoms with E-state index in [-0.39, 0.29) is 24.8 Å². The van der Waals surface area contributed by atoms with Gasteiger partial charge in [0.05, 0.1) is 18.8 Å². The highest BCUT2D eigenvalue weighted by Crippen LogP contribution is 2.27. The molecule has 2 fully saturated rings. The van der Waals surface area contributed by atoms with E-state index in [0.717, 1.165) is 17.8 Å². The van der Waals surface area contributed by atoms with E-state index in [1.54, 1.807) is 11.0 Å². The van der Waals surface area contributed by atoms with Crippen LogP contribution in [-0.2, 0) is 16.1 Å². The molecule has 1 aromatic heterocycles. The number of aromatic nitrogens is 2. The monoisotopic (exact) mass is 388 g/mol. The van der Waals surface area contributed by atoms with E-state index in [9.17, 15) is 4.79 Å². The number of rotatable bonds is 3. The topological polar surface area (TPSA) is 67.8 Å². The number of piperidine rings is 1. The molecular weight excluding hydrogens is 368 g/mol. The Hall–Kier alpha value is -2.38. The molecule has 2 saturated heterocycles. The van der Waals surface area contributed by atoms with E-state index in [1.807, 2.05) is 36.4 Å². The average Bonchev–Trinajstić information content (AvgIpc) is 2.72. The van der Waals surface area contributed by atoms with Gasteiger partial charge in [0.2, 0.25) is 0 Å². The zero-order valence-corrected chi connectivity index (χ0v) is 15.6. The predicted octanol–water partition coefficient (Wildman–Crippen LogP) is 2.75. The van der Waals surface area contributed by atoms with Crippen molar-refractivity contribution in [3.8, 4) is 0 Å². The zero-order valence-electron chi connectivity index (χ0n) is 14.8. The molecule has 142 valence electrons. The third kappa shape index (κ3) is 4.14. The number of carbonyl (C=O) groups is 1. The Bertz CT molecular complexity index is 774. The van der Waals surface area contributed by atoms with E-state index >= 15 is 0 Å². The summed E-state index contributed by atoms with van der Waals surface area (Å²) >= 11 is 5.85. The van der Waals surface area contributed by atoms with Gasteiger partial charge in [-0.2, -0.15) is 0 Å². The van der Waals surface area contributed by atoms with Gasteiger partial charge in [0.25, 0.3) is 0 Å². The standard InChI is InChI=1S/C19H21ClN4O3/c20-17-6-7-18(22-21-17)24-10-11-26-16-8-9-23(12-15(16)24)19(25)27-13-14-4-2-1-3-5-14/h1-7,15-16H,8-13H2. The van der Waals surface area contributed by atoms with Gasteiger partial charge in [-0.1, -0.05) is 41.9 Å². The fourth-order valence-corrected chi connectivity index (χ4v) is 3.70. The van der Waals surface area contributed by atoms with Crippen molar-refractivity contribution in [2.45, 2.75) is 25.2 Å². The Balaban J connectivity index is 1.42. The van der Waals surface area contributed by atoms with Crippen LogP contribution in [0.4, 0.5) is 10.6 Å². The second kappa shape index (κ2) is 8.10. The number of hydrogen-bond donors (Lipinski definition) is 0. The van der Waals surface area contributed by atoms with E-state index in [0.29, 0.717) is 31.4 Å². The fourth-order valence-electron chi connectivity index (χ4n) is 3.60. The molecule has 7 nitrogen and oxygen atoms in total. The first-order chi connectivity index (χ1) is 13.2. The smallest absolute Gasteiger partial charge is 0.410 e. The molecule has 1 aromatic carbocycles. The van der Waals surface area contributed by atoms with Crippen molar-refractivity contribution in [1.82, 2.24) is 15.1 Å². The maximum atomic E-state index is 12.5. The highest BCUT2D eigenvalue weighted by atomic mass is 35.5. The minimum atomic E-state index is -0.301. The van der Waals surface area contributed by atoms with Crippen LogP contribution in [0.25, 0.3) is 0 Å². The first kappa shape index (κ1) is 18.0. The molecule has 0 aliphatic carbocycles. The molecule has 0 bridgehead atoms. The SMILES string of the molecule is O=C(OCc1ccccc1)N1CCC2OCCN(c3ccc(Cl)nn3)C2C1. The summed E-state index contributed by atoms with van der Waals surface area (Å²) in [6, 6.07) is 13.3. The summed E-state index contributed by atoms with van der Waals surface area (Å²) in [6.45, 7) is 2.75. The summed E-state index contributed by atoms with van der Waals surface area (Å²) in [5.74, 6) is 0.747. The van der Waals surface area contributed by atoms with Crippen LogP contribution in [0.15, 0.2) is 42.5 Å². The summed E-state index contributed by atoms with van der Waals surface area (Å²) in [5.41, 5.74) is 0.972. The van der Waals surface area contributed by atoms with E-state index in [4.69, 9.17) is 21.1 Å². The summed E-state index contributed by atoms with van der Waals surface area (Å²) in [4.78, 5) is 16.4. The van der Waals surface area contributed by atoms with Crippen LogP contribution in [0.5, 0.6) is 0 Å². The normalized spacial score (nSPS) is 22.3. The third-order valence-electron chi connectivity index (χ3n) is 4.96. The molecule has 2 aliphatic heterocycles. The molecule has 0 radical (unpaired) electrons. The Labute approximate surface area is 162 Å². The molecule has 2 aliphatic rings. The van der Waals surface area contributed by atoms with Gasteiger partial charge in [0.15, 0.2) is 11.0 Å². The number of fused-ring (bicyclic) bond motifs is 1. The number of likely N-dealkylation sites (tertiary alicyclic amines) is 1. The Morgan fingerprint density at radius 3 is 2.81 bits per heavy atom. The first-order valence-electron chi connectivity index (χ1n) is 9.04. The quantitative estimate of drug-likeness (QED) is 0.805. The Morgan fingerprint density at radius 1 is 1.19 bits per heavy atom. The molecular formula is C19H21ClN4O3. The van der Waals surface area contributed by atoms with Crippen molar-refractivity contribution in [1.29, 1.82) is 0 Å². The fraction of sp³-hybridized carbons (Fsp3) is 0.421. The zero-order chi connectivity index (χ0) is 18.6. The molecule has 4 rings (SSSR count). The number of nitrogens with zero attached hydrogens (tertiary/aromatic N) is 4. The predicted molar refractivity (Wildman–Crippen MR) is 101 cm³/mol. The number of halogens is 1. The van der Waals surface area contributed by atoms with Crippen molar-refractivity contribution >= 4 is 23.5 Å². The number of amides is 1. The third-order valence-corrected chi connectivity index (χ3v) is 5.16. The Morgan fingerprint density at radius 2 is 2.04 bits per heavy atom.